The summed E-state index contributed by atoms with van der Waals surface area (Å²) in [6.45, 7) is 2.03. The van der Waals surface area contributed by atoms with E-state index in [9.17, 15) is 4.79 Å². The first-order valence-corrected chi connectivity index (χ1v) is 9.08. The third kappa shape index (κ3) is 2.09. The molecule has 25 heavy (non-hydrogen) atoms. The molecule has 0 spiro atoms. The van der Waals surface area contributed by atoms with Gasteiger partial charge in [0.15, 0.2) is 0 Å². The summed E-state index contributed by atoms with van der Waals surface area (Å²) in [5.41, 5.74) is 2.74. The minimum atomic E-state index is 0.0134. The highest BCUT2D eigenvalue weighted by Gasteiger charge is 2.34. The summed E-state index contributed by atoms with van der Waals surface area (Å²) in [5, 5.41) is 3.96. The molecular formula is C20H15N3OS. The number of nitrogens with zero attached hydrogens (tertiary/aromatic N) is 3. The summed E-state index contributed by atoms with van der Waals surface area (Å²) in [6, 6.07) is 22.2. The third-order valence-corrected chi connectivity index (χ3v) is 5.51. The van der Waals surface area contributed by atoms with Crippen LogP contribution in [-0.2, 0) is 0 Å². The number of aromatic nitrogens is 2. The van der Waals surface area contributed by atoms with E-state index in [1.165, 1.54) is 11.8 Å². The molecule has 5 heteroatoms. The maximum Gasteiger partial charge on any atom is 0.306 e. The van der Waals surface area contributed by atoms with Crippen LogP contribution in [0.1, 0.15) is 18.0 Å². The average molecular weight is 345 g/mol. The molecule has 2 heterocycles. The van der Waals surface area contributed by atoms with Crippen LogP contribution in [0.15, 0.2) is 66.7 Å². The van der Waals surface area contributed by atoms with E-state index >= 15 is 0 Å². The van der Waals surface area contributed by atoms with E-state index in [0.717, 1.165) is 33.3 Å². The molecule has 1 aliphatic rings. The summed E-state index contributed by atoms with van der Waals surface area (Å²) >= 11 is 1.31. The first-order chi connectivity index (χ1) is 12.2. The first kappa shape index (κ1) is 14.5. The fraction of sp³-hybridized carbons (Fsp3) is 0.100. The molecule has 0 bridgehead atoms. The highest BCUT2D eigenvalue weighted by molar-refractivity contribution is 8.14. The van der Waals surface area contributed by atoms with Gasteiger partial charge in [-0.05, 0) is 30.5 Å². The topological polar surface area (TPSA) is 38.1 Å². The molecule has 0 N–H and O–H groups in total. The summed E-state index contributed by atoms with van der Waals surface area (Å²) in [4.78, 5) is 17.8. The Morgan fingerprint density at radius 2 is 1.72 bits per heavy atom. The Labute approximate surface area is 149 Å². The van der Waals surface area contributed by atoms with Gasteiger partial charge in [-0.2, -0.15) is 0 Å². The van der Waals surface area contributed by atoms with Crippen molar-refractivity contribution in [1.82, 2.24) is 9.66 Å². The van der Waals surface area contributed by atoms with Crippen LogP contribution in [0.3, 0.4) is 0 Å². The maximum atomic E-state index is 13.0. The number of fused-ring (bicyclic) bond motifs is 4. The van der Waals surface area contributed by atoms with Crippen molar-refractivity contribution in [1.29, 1.82) is 0 Å². The maximum absolute atomic E-state index is 13.0. The Morgan fingerprint density at radius 1 is 0.960 bits per heavy atom. The molecule has 0 fully saturated rings. The molecule has 3 aromatic carbocycles. The molecule has 1 amide bonds. The number of carbonyl (C=O) groups excluding carboxylic acids is 1. The van der Waals surface area contributed by atoms with Crippen LogP contribution in [0.4, 0.5) is 10.5 Å². The number of rotatable bonds is 1. The third-order valence-electron chi connectivity index (χ3n) is 4.57. The van der Waals surface area contributed by atoms with Gasteiger partial charge in [0.2, 0.25) is 0 Å². The molecule has 5 rings (SSSR count). The van der Waals surface area contributed by atoms with E-state index in [1.807, 2.05) is 60.1 Å². The fourth-order valence-electron chi connectivity index (χ4n) is 3.44. The van der Waals surface area contributed by atoms with E-state index in [4.69, 9.17) is 4.98 Å². The highest BCUT2D eigenvalue weighted by Crippen LogP contribution is 2.41. The quantitative estimate of drug-likeness (QED) is 0.464. The number of carbonyl (C=O) groups is 1. The zero-order chi connectivity index (χ0) is 17.0. The van der Waals surface area contributed by atoms with E-state index in [0.29, 0.717) is 0 Å². The summed E-state index contributed by atoms with van der Waals surface area (Å²) in [6.07, 6.45) is 0. The number of imidazole rings is 1. The lowest BCUT2D eigenvalue weighted by Gasteiger charge is -2.32. The summed E-state index contributed by atoms with van der Waals surface area (Å²) in [7, 11) is 0. The summed E-state index contributed by atoms with van der Waals surface area (Å²) < 4.78 is 1.97. The number of para-hydroxylation sites is 2. The van der Waals surface area contributed by atoms with Crippen LogP contribution in [-0.4, -0.2) is 14.9 Å². The average Bonchev–Trinajstić information content (AvgIpc) is 3.02. The second-order valence-electron chi connectivity index (χ2n) is 6.11. The standard InChI is InChI=1S/C20H15N3OS/c1-13-19-21-16-10-4-5-11-18(16)22(19)23(20(24)25-13)17-12-6-8-14-7-2-3-9-15(14)17/h2-13H,1H3. The first-order valence-electron chi connectivity index (χ1n) is 8.20. The zero-order valence-corrected chi connectivity index (χ0v) is 14.4. The van der Waals surface area contributed by atoms with Gasteiger partial charge in [-0.1, -0.05) is 60.3 Å². The molecule has 1 aliphatic heterocycles. The normalized spacial score (nSPS) is 17.2. The van der Waals surface area contributed by atoms with Crippen LogP contribution in [0.5, 0.6) is 0 Å². The van der Waals surface area contributed by atoms with Crippen LogP contribution < -0.4 is 5.01 Å². The Hall–Kier alpha value is -2.79. The SMILES string of the molecule is CC1SC(=O)N(c2cccc3ccccc23)n2c1nc1ccccc12. The van der Waals surface area contributed by atoms with Crippen molar-refractivity contribution in [3.05, 3.63) is 72.6 Å². The van der Waals surface area contributed by atoms with Gasteiger partial charge in [0.25, 0.3) is 0 Å². The van der Waals surface area contributed by atoms with Crippen LogP contribution in [0, 0.1) is 0 Å². The van der Waals surface area contributed by atoms with Gasteiger partial charge >= 0.3 is 5.24 Å². The monoisotopic (exact) mass is 345 g/mol. The van der Waals surface area contributed by atoms with Crippen molar-refractivity contribution in [2.45, 2.75) is 12.2 Å². The van der Waals surface area contributed by atoms with Crippen LogP contribution >= 0.6 is 11.8 Å². The number of benzene rings is 3. The molecule has 0 saturated carbocycles. The van der Waals surface area contributed by atoms with Gasteiger partial charge in [0.1, 0.15) is 5.82 Å². The smallest absolute Gasteiger partial charge is 0.259 e. The lowest BCUT2D eigenvalue weighted by atomic mass is 10.1. The Balaban J connectivity index is 1.85. The molecule has 122 valence electrons. The van der Waals surface area contributed by atoms with Gasteiger partial charge in [-0.15, -0.1) is 0 Å². The lowest BCUT2D eigenvalue weighted by molar-refractivity contribution is 0.262. The lowest BCUT2D eigenvalue weighted by Crippen LogP contribution is -2.38. The van der Waals surface area contributed by atoms with Gasteiger partial charge < -0.3 is 0 Å². The Morgan fingerprint density at radius 3 is 2.64 bits per heavy atom. The molecule has 0 radical (unpaired) electrons. The van der Waals surface area contributed by atoms with Crippen molar-refractivity contribution in [3.63, 3.8) is 0 Å². The highest BCUT2D eigenvalue weighted by atomic mass is 32.2. The second kappa shape index (κ2) is 5.36. The van der Waals surface area contributed by atoms with Gasteiger partial charge in [-0.3, -0.25) is 4.79 Å². The van der Waals surface area contributed by atoms with Crippen molar-refractivity contribution in [3.8, 4) is 0 Å². The van der Waals surface area contributed by atoms with E-state index in [2.05, 4.69) is 18.2 Å². The number of hydrogen-bond donors (Lipinski definition) is 0. The van der Waals surface area contributed by atoms with E-state index in [-0.39, 0.29) is 10.5 Å². The molecule has 4 aromatic rings. The van der Waals surface area contributed by atoms with Crippen molar-refractivity contribution in [2.75, 3.05) is 5.01 Å². The number of amides is 1. The minimum Gasteiger partial charge on any atom is -0.259 e. The second-order valence-corrected chi connectivity index (χ2v) is 7.40. The van der Waals surface area contributed by atoms with E-state index in [1.54, 1.807) is 5.01 Å². The molecule has 1 atom stereocenters. The number of anilines is 1. The fourth-order valence-corrected chi connectivity index (χ4v) is 4.28. The number of thioether (sulfide) groups is 1. The zero-order valence-electron chi connectivity index (χ0n) is 13.6. The molecule has 0 saturated heterocycles. The van der Waals surface area contributed by atoms with Gasteiger partial charge in [-0.25, -0.2) is 14.7 Å². The predicted molar refractivity (Wildman–Crippen MR) is 103 cm³/mol. The van der Waals surface area contributed by atoms with Crippen LogP contribution in [0.2, 0.25) is 0 Å². The Bertz CT molecular complexity index is 1130. The Kier molecular flexibility index (Phi) is 3.12. The van der Waals surface area contributed by atoms with Crippen molar-refractivity contribution >= 4 is 44.5 Å². The van der Waals surface area contributed by atoms with Crippen LogP contribution in [0.25, 0.3) is 21.8 Å². The molecule has 1 aromatic heterocycles. The van der Waals surface area contributed by atoms with Gasteiger partial charge in [0.05, 0.1) is 22.0 Å². The number of hydrogen-bond acceptors (Lipinski definition) is 3. The predicted octanol–water partition coefficient (Wildman–Crippen LogP) is 5.39. The van der Waals surface area contributed by atoms with Crippen molar-refractivity contribution < 1.29 is 4.79 Å². The molecule has 4 nitrogen and oxygen atoms in total. The van der Waals surface area contributed by atoms with E-state index < -0.39 is 0 Å². The van der Waals surface area contributed by atoms with Gasteiger partial charge in [0, 0.05) is 5.39 Å². The van der Waals surface area contributed by atoms with Crippen molar-refractivity contribution in [2.24, 2.45) is 0 Å². The summed E-state index contributed by atoms with van der Waals surface area (Å²) in [5.74, 6) is 0.902. The molecular weight excluding hydrogens is 330 g/mol. The minimum absolute atomic E-state index is 0.0134. The largest absolute Gasteiger partial charge is 0.306 e. The molecule has 0 aliphatic carbocycles. The molecule has 1 unspecified atom stereocenters.